The first kappa shape index (κ1) is 15.0. The highest BCUT2D eigenvalue weighted by Crippen LogP contribution is 2.20. The van der Waals surface area contributed by atoms with Crippen molar-refractivity contribution in [1.82, 2.24) is 4.90 Å². The van der Waals surface area contributed by atoms with Crippen molar-refractivity contribution in [3.8, 4) is 0 Å². The van der Waals surface area contributed by atoms with Crippen molar-refractivity contribution in [2.75, 3.05) is 31.1 Å². The third-order valence-electron chi connectivity index (χ3n) is 3.83. The summed E-state index contributed by atoms with van der Waals surface area (Å²) in [6, 6.07) is 14.0. The molecule has 0 saturated carbocycles. The van der Waals surface area contributed by atoms with E-state index in [1.54, 1.807) is 17.0 Å². The molecule has 2 aromatic rings. The predicted octanol–water partition coefficient (Wildman–Crippen LogP) is 3.55. The van der Waals surface area contributed by atoms with E-state index in [-0.39, 0.29) is 11.7 Å². The van der Waals surface area contributed by atoms with Crippen LogP contribution in [0.15, 0.2) is 53.0 Å². The minimum Gasteiger partial charge on any atom is -0.368 e. The van der Waals surface area contributed by atoms with Gasteiger partial charge in [0.05, 0.1) is 0 Å². The monoisotopic (exact) mass is 362 g/mol. The molecule has 1 saturated heterocycles. The van der Waals surface area contributed by atoms with Gasteiger partial charge in [-0.15, -0.1) is 0 Å². The van der Waals surface area contributed by atoms with E-state index in [2.05, 4.69) is 33.0 Å². The Morgan fingerprint density at radius 3 is 2.32 bits per heavy atom. The summed E-state index contributed by atoms with van der Waals surface area (Å²) in [6.07, 6.45) is 0. The molecule has 0 unspecified atom stereocenters. The van der Waals surface area contributed by atoms with Gasteiger partial charge in [-0.05, 0) is 42.5 Å². The number of benzene rings is 2. The van der Waals surface area contributed by atoms with E-state index in [1.165, 1.54) is 12.1 Å². The van der Waals surface area contributed by atoms with Gasteiger partial charge in [0.25, 0.3) is 5.91 Å². The summed E-state index contributed by atoms with van der Waals surface area (Å²) in [4.78, 5) is 16.4. The number of amides is 1. The predicted molar refractivity (Wildman–Crippen MR) is 88.7 cm³/mol. The Balaban J connectivity index is 1.64. The van der Waals surface area contributed by atoms with Crippen molar-refractivity contribution >= 4 is 27.5 Å². The van der Waals surface area contributed by atoms with Crippen LogP contribution < -0.4 is 4.90 Å². The molecule has 22 heavy (non-hydrogen) atoms. The van der Waals surface area contributed by atoms with Gasteiger partial charge in [-0.1, -0.05) is 22.0 Å². The van der Waals surface area contributed by atoms with E-state index in [9.17, 15) is 9.18 Å². The van der Waals surface area contributed by atoms with Crippen molar-refractivity contribution in [3.05, 3.63) is 64.4 Å². The Kier molecular flexibility index (Phi) is 4.43. The van der Waals surface area contributed by atoms with Gasteiger partial charge in [0.15, 0.2) is 0 Å². The summed E-state index contributed by atoms with van der Waals surface area (Å²) in [7, 11) is 0. The lowest BCUT2D eigenvalue weighted by Gasteiger charge is -2.36. The number of hydrogen-bond donors (Lipinski definition) is 0. The van der Waals surface area contributed by atoms with Crippen LogP contribution in [0.2, 0.25) is 0 Å². The maximum Gasteiger partial charge on any atom is 0.254 e. The Bertz CT molecular complexity index is 667. The SMILES string of the molecule is O=C(c1cccc(F)c1)N1CCN(c2ccc(Br)cc2)CC1. The fraction of sp³-hybridized carbons (Fsp3) is 0.235. The zero-order valence-corrected chi connectivity index (χ0v) is 13.6. The molecule has 0 radical (unpaired) electrons. The van der Waals surface area contributed by atoms with E-state index in [0.717, 1.165) is 23.2 Å². The second kappa shape index (κ2) is 6.48. The smallest absolute Gasteiger partial charge is 0.254 e. The van der Waals surface area contributed by atoms with Gasteiger partial charge < -0.3 is 9.80 Å². The number of carbonyl (C=O) groups excluding carboxylic acids is 1. The molecule has 0 aromatic heterocycles. The molecule has 0 bridgehead atoms. The van der Waals surface area contributed by atoms with Crippen molar-refractivity contribution < 1.29 is 9.18 Å². The first-order chi connectivity index (χ1) is 10.6. The van der Waals surface area contributed by atoms with Crippen LogP contribution in [0.5, 0.6) is 0 Å². The molecule has 5 heteroatoms. The standard InChI is InChI=1S/C17H16BrFN2O/c18-14-4-6-16(7-5-14)20-8-10-21(11-9-20)17(22)13-2-1-3-15(19)12-13/h1-7,12H,8-11H2. The summed E-state index contributed by atoms with van der Waals surface area (Å²) >= 11 is 3.43. The lowest BCUT2D eigenvalue weighted by Crippen LogP contribution is -2.48. The van der Waals surface area contributed by atoms with Crippen molar-refractivity contribution in [2.45, 2.75) is 0 Å². The molecule has 1 fully saturated rings. The highest BCUT2D eigenvalue weighted by atomic mass is 79.9. The van der Waals surface area contributed by atoms with Crippen LogP contribution in [-0.4, -0.2) is 37.0 Å². The lowest BCUT2D eigenvalue weighted by molar-refractivity contribution is 0.0746. The van der Waals surface area contributed by atoms with E-state index in [4.69, 9.17) is 0 Å². The van der Waals surface area contributed by atoms with Gasteiger partial charge in [-0.3, -0.25) is 4.79 Å². The molecule has 0 N–H and O–H groups in total. The van der Waals surface area contributed by atoms with Gasteiger partial charge in [-0.25, -0.2) is 4.39 Å². The van der Waals surface area contributed by atoms with Crippen LogP contribution in [0.1, 0.15) is 10.4 Å². The maximum atomic E-state index is 13.2. The molecule has 1 amide bonds. The second-order valence-corrected chi connectivity index (χ2v) is 6.18. The highest BCUT2D eigenvalue weighted by molar-refractivity contribution is 9.10. The largest absolute Gasteiger partial charge is 0.368 e. The van der Waals surface area contributed by atoms with E-state index < -0.39 is 0 Å². The normalized spacial score (nSPS) is 15.0. The van der Waals surface area contributed by atoms with Gasteiger partial charge in [0.1, 0.15) is 5.82 Å². The summed E-state index contributed by atoms with van der Waals surface area (Å²) in [5.74, 6) is -0.477. The van der Waals surface area contributed by atoms with Crippen LogP contribution in [0, 0.1) is 5.82 Å². The van der Waals surface area contributed by atoms with Crippen LogP contribution >= 0.6 is 15.9 Å². The Morgan fingerprint density at radius 1 is 1.00 bits per heavy atom. The van der Waals surface area contributed by atoms with Gasteiger partial charge >= 0.3 is 0 Å². The van der Waals surface area contributed by atoms with Crippen molar-refractivity contribution in [1.29, 1.82) is 0 Å². The third kappa shape index (κ3) is 3.30. The molecule has 0 atom stereocenters. The van der Waals surface area contributed by atoms with E-state index in [0.29, 0.717) is 18.7 Å². The molecule has 114 valence electrons. The summed E-state index contributed by atoms with van der Waals surface area (Å²) < 4.78 is 14.3. The van der Waals surface area contributed by atoms with Crippen molar-refractivity contribution in [2.24, 2.45) is 0 Å². The average molecular weight is 363 g/mol. The van der Waals surface area contributed by atoms with Gasteiger partial charge in [0, 0.05) is 41.9 Å². The quantitative estimate of drug-likeness (QED) is 0.815. The minimum absolute atomic E-state index is 0.102. The molecule has 3 nitrogen and oxygen atoms in total. The second-order valence-electron chi connectivity index (χ2n) is 5.27. The molecule has 2 aromatic carbocycles. The Labute approximate surface area is 137 Å². The number of nitrogens with zero attached hydrogens (tertiary/aromatic N) is 2. The molecule has 1 aliphatic rings. The number of hydrogen-bond acceptors (Lipinski definition) is 2. The average Bonchev–Trinajstić information content (AvgIpc) is 2.55. The minimum atomic E-state index is -0.376. The first-order valence-electron chi connectivity index (χ1n) is 7.19. The molecule has 0 spiro atoms. The topological polar surface area (TPSA) is 23.6 Å². The first-order valence-corrected chi connectivity index (χ1v) is 7.98. The van der Waals surface area contributed by atoms with Crippen LogP contribution in [0.4, 0.5) is 10.1 Å². The van der Waals surface area contributed by atoms with Crippen LogP contribution in [0.3, 0.4) is 0 Å². The Morgan fingerprint density at radius 2 is 1.68 bits per heavy atom. The number of carbonyl (C=O) groups is 1. The number of anilines is 1. The zero-order valence-electron chi connectivity index (χ0n) is 12.0. The number of rotatable bonds is 2. The molecular formula is C17H16BrFN2O. The number of halogens is 2. The van der Waals surface area contributed by atoms with Gasteiger partial charge in [-0.2, -0.15) is 0 Å². The molecule has 3 rings (SSSR count). The maximum absolute atomic E-state index is 13.2. The van der Waals surface area contributed by atoms with Gasteiger partial charge in [0.2, 0.25) is 0 Å². The molecule has 1 aliphatic heterocycles. The highest BCUT2D eigenvalue weighted by Gasteiger charge is 2.22. The van der Waals surface area contributed by atoms with Crippen LogP contribution in [-0.2, 0) is 0 Å². The molecule has 0 aliphatic carbocycles. The molecular weight excluding hydrogens is 347 g/mol. The summed E-state index contributed by atoms with van der Waals surface area (Å²) in [5.41, 5.74) is 1.57. The molecule has 1 heterocycles. The van der Waals surface area contributed by atoms with Crippen molar-refractivity contribution in [3.63, 3.8) is 0 Å². The third-order valence-corrected chi connectivity index (χ3v) is 4.36. The van der Waals surface area contributed by atoms with E-state index in [1.807, 2.05) is 12.1 Å². The Hall–Kier alpha value is -1.88. The summed E-state index contributed by atoms with van der Waals surface area (Å²) in [5, 5.41) is 0. The lowest BCUT2D eigenvalue weighted by atomic mass is 10.1. The zero-order chi connectivity index (χ0) is 15.5. The van der Waals surface area contributed by atoms with Crippen LogP contribution in [0.25, 0.3) is 0 Å². The van der Waals surface area contributed by atoms with E-state index >= 15 is 0 Å². The number of piperazine rings is 1. The fourth-order valence-corrected chi connectivity index (χ4v) is 2.89. The fourth-order valence-electron chi connectivity index (χ4n) is 2.62. The summed E-state index contributed by atoms with van der Waals surface area (Å²) in [6.45, 7) is 2.85.